The first-order chi connectivity index (χ1) is 7.56. The molecule has 0 aliphatic heterocycles. The molecule has 1 atom stereocenters. The second kappa shape index (κ2) is 7.60. The summed E-state index contributed by atoms with van der Waals surface area (Å²) < 4.78 is 0.440. The molecule has 17 heavy (non-hydrogen) atoms. The smallest absolute Gasteiger partial charge is 0.283 e. The molecule has 0 bridgehead atoms. The summed E-state index contributed by atoms with van der Waals surface area (Å²) in [6.07, 6.45) is 1.19. The van der Waals surface area contributed by atoms with Gasteiger partial charge in [-0.1, -0.05) is 6.07 Å². The molecule has 1 rings (SSSR count). The summed E-state index contributed by atoms with van der Waals surface area (Å²) in [4.78, 5) is 10.3. The first-order valence-corrected chi connectivity index (χ1v) is 5.66. The van der Waals surface area contributed by atoms with Crippen molar-refractivity contribution in [3.05, 3.63) is 38.3 Å². The molecule has 0 radical (unpaired) electrons. The van der Waals surface area contributed by atoms with Crippen molar-refractivity contribution in [2.75, 3.05) is 6.61 Å². The van der Waals surface area contributed by atoms with Gasteiger partial charge in [0.05, 0.1) is 9.40 Å². The minimum absolute atomic E-state index is 0. The van der Waals surface area contributed by atoms with Gasteiger partial charge in [-0.15, -0.1) is 12.4 Å². The van der Waals surface area contributed by atoms with Crippen molar-refractivity contribution in [3.63, 3.8) is 0 Å². The van der Waals surface area contributed by atoms with E-state index in [0.717, 1.165) is 0 Å². The summed E-state index contributed by atoms with van der Waals surface area (Å²) in [6.45, 7) is 0.0757. The van der Waals surface area contributed by atoms with E-state index in [4.69, 9.17) is 10.8 Å². The van der Waals surface area contributed by atoms with Gasteiger partial charge in [0, 0.05) is 18.7 Å². The number of nitro benzene ring substituents is 1. The number of nitro groups is 1. The maximum atomic E-state index is 10.7. The third-order valence-corrected chi connectivity index (χ3v) is 2.94. The summed E-state index contributed by atoms with van der Waals surface area (Å²) in [7, 11) is 0. The fourth-order valence-corrected chi connectivity index (χ4v) is 1.77. The van der Waals surface area contributed by atoms with Crippen LogP contribution < -0.4 is 5.73 Å². The average molecular weight is 326 g/mol. The van der Waals surface area contributed by atoms with Crippen LogP contribution in [0.15, 0.2) is 22.7 Å². The van der Waals surface area contributed by atoms with Crippen LogP contribution in [-0.2, 0) is 0 Å². The van der Waals surface area contributed by atoms with Crippen LogP contribution in [0.5, 0.6) is 0 Å². The molecule has 3 N–H and O–H groups in total. The molecule has 0 saturated heterocycles. The zero-order valence-corrected chi connectivity index (χ0v) is 11.4. The number of aliphatic hydroxyl groups is 1. The molecule has 0 unspecified atom stereocenters. The number of aliphatic hydroxyl groups excluding tert-OH is 1. The van der Waals surface area contributed by atoms with Crippen molar-refractivity contribution in [1.82, 2.24) is 0 Å². The molecule has 1 aromatic rings. The quantitative estimate of drug-likeness (QED) is 0.643. The van der Waals surface area contributed by atoms with E-state index in [9.17, 15) is 10.1 Å². The minimum Gasteiger partial charge on any atom is -0.396 e. The molecule has 0 aliphatic rings. The van der Waals surface area contributed by atoms with Crippen molar-refractivity contribution in [1.29, 1.82) is 0 Å². The summed E-state index contributed by atoms with van der Waals surface area (Å²) in [5.74, 6) is 0. The standard InChI is InChI=1S/C10H13BrN2O3.ClH/c11-8-4-3-7(6-10(8)13(15)16)9(12)2-1-5-14;/h3-4,6,9,14H,1-2,5,12H2;1H/t9-;/m0./s1. The van der Waals surface area contributed by atoms with E-state index in [2.05, 4.69) is 15.9 Å². The SMILES string of the molecule is Cl.N[C@@H](CCCO)c1ccc(Br)c([N+](=O)[O-])c1. The molecule has 0 spiro atoms. The van der Waals surface area contributed by atoms with Crippen molar-refractivity contribution >= 4 is 34.0 Å². The molecule has 1 aromatic carbocycles. The molecular weight excluding hydrogens is 311 g/mol. The molecule has 0 saturated carbocycles. The van der Waals surface area contributed by atoms with Crippen LogP contribution in [0.3, 0.4) is 0 Å². The number of nitrogens with zero attached hydrogens (tertiary/aromatic N) is 1. The average Bonchev–Trinajstić information content (AvgIpc) is 2.26. The monoisotopic (exact) mass is 324 g/mol. The van der Waals surface area contributed by atoms with Gasteiger partial charge >= 0.3 is 0 Å². The lowest BCUT2D eigenvalue weighted by molar-refractivity contribution is -0.385. The van der Waals surface area contributed by atoms with Crippen molar-refractivity contribution < 1.29 is 10.0 Å². The van der Waals surface area contributed by atoms with E-state index in [-0.39, 0.29) is 30.7 Å². The second-order valence-corrected chi connectivity index (χ2v) is 4.29. The van der Waals surface area contributed by atoms with Crippen LogP contribution in [-0.4, -0.2) is 16.6 Å². The van der Waals surface area contributed by atoms with Crippen LogP contribution in [0, 0.1) is 10.1 Å². The number of benzene rings is 1. The second-order valence-electron chi connectivity index (χ2n) is 3.44. The summed E-state index contributed by atoms with van der Waals surface area (Å²) in [5, 5.41) is 19.4. The normalized spacial score (nSPS) is 11.7. The maximum Gasteiger partial charge on any atom is 0.283 e. The zero-order chi connectivity index (χ0) is 12.1. The highest BCUT2D eigenvalue weighted by Crippen LogP contribution is 2.28. The van der Waals surface area contributed by atoms with Gasteiger partial charge in [0.1, 0.15) is 0 Å². The Morgan fingerprint density at radius 3 is 2.71 bits per heavy atom. The molecule has 96 valence electrons. The number of nitrogens with two attached hydrogens (primary N) is 1. The van der Waals surface area contributed by atoms with E-state index in [1.54, 1.807) is 12.1 Å². The predicted molar refractivity (Wildman–Crippen MR) is 71.3 cm³/mol. The van der Waals surface area contributed by atoms with Crippen molar-refractivity contribution in [3.8, 4) is 0 Å². The number of hydrogen-bond donors (Lipinski definition) is 2. The minimum atomic E-state index is -0.452. The topological polar surface area (TPSA) is 89.4 Å². The third kappa shape index (κ3) is 4.59. The molecule has 5 nitrogen and oxygen atoms in total. The molecule has 0 heterocycles. The molecule has 0 aliphatic carbocycles. The lowest BCUT2D eigenvalue weighted by Crippen LogP contribution is -2.11. The summed E-state index contributed by atoms with van der Waals surface area (Å²) in [6, 6.07) is 4.55. The zero-order valence-electron chi connectivity index (χ0n) is 9.01. The first-order valence-electron chi connectivity index (χ1n) is 4.86. The number of rotatable bonds is 5. The van der Waals surface area contributed by atoms with Gasteiger partial charge in [-0.3, -0.25) is 10.1 Å². The van der Waals surface area contributed by atoms with E-state index < -0.39 is 4.92 Å². The fraction of sp³-hybridized carbons (Fsp3) is 0.400. The molecule has 0 amide bonds. The Bertz CT molecular complexity index is 390. The molecule has 7 heteroatoms. The highest BCUT2D eigenvalue weighted by atomic mass is 79.9. The van der Waals surface area contributed by atoms with E-state index in [1.165, 1.54) is 6.07 Å². The van der Waals surface area contributed by atoms with E-state index >= 15 is 0 Å². The largest absolute Gasteiger partial charge is 0.396 e. The van der Waals surface area contributed by atoms with Crippen LogP contribution in [0.2, 0.25) is 0 Å². The van der Waals surface area contributed by atoms with Gasteiger partial charge in [-0.05, 0) is 40.4 Å². The Hall–Kier alpha value is -0.690. The predicted octanol–water partition coefficient (Wildman–Crippen LogP) is 2.55. The summed E-state index contributed by atoms with van der Waals surface area (Å²) in [5.41, 5.74) is 6.57. The molecular formula is C10H14BrClN2O3. The van der Waals surface area contributed by atoms with Crippen LogP contribution in [0.25, 0.3) is 0 Å². The summed E-state index contributed by atoms with van der Waals surface area (Å²) >= 11 is 3.11. The Labute approximate surface area is 114 Å². The maximum absolute atomic E-state index is 10.7. The van der Waals surface area contributed by atoms with Gasteiger partial charge in [-0.25, -0.2) is 0 Å². The Morgan fingerprint density at radius 2 is 2.18 bits per heavy atom. The Kier molecular flexibility index (Phi) is 7.29. The van der Waals surface area contributed by atoms with Gasteiger partial charge in [0.15, 0.2) is 0 Å². The number of hydrogen-bond acceptors (Lipinski definition) is 4. The van der Waals surface area contributed by atoms with Gasteiger partial charge < -0.3 is 10.8 Å². The van der Waals surface area contributed by atoms with Crippen LogP contribution in [0.1, 0.15) is 24.4 Å². The Morgan fingerprint density at radius 1 is 1.53 bits per heavy atom. The van der Waals surface area contributed by atoms with Crippen molar-refractivity contribution in [2.45, 2.75) is 18.9 Å². The Balaban J connectivity index is 0.00000256. The van der Waals surface area contributed by atoms with E-state index in [0.29, 0.717) is 22.9 Å². The van der Waals surface area contributed by atoms with Crippen LogP contribution in [0.4, 0.5) is 5.69 Å². The van der Waals surface area contributed by atoms with E-state index in [1.807, 2.05) is 0 Å². The van der Waals surface area contributed by atoms with Gasteiger partial charge in [-0.2, -0.15) is 0 Å². The highest BCUT2D eigenvalue weighted by molar-refractivity contribution is 9.10. The fourth-order valence-electron chi connectivity index (χ4n) is 1.38. The first kappa shape index (κ1) is 16.3. The van der Waals surface area contributed by atoms with Crippen molar-refractivity contribution in [2.24, 2.45) is 5.73 Å². The number of halogens is 2. The lowest BCUT2D eigenvalue weighted by Gasteiger charge is -2.11. The molecule has 0 aromatic heterocycles. The van der Waals surface area contributed by atoms with Gasteiger partial charge in [0.2, 0.25) is 0 Å². The molecule has 0 fully saturated rings. The van der Waals surface area contributed by atoms with Gasteiger partial charge in [0.25, 0.3) is 5.69 Å². The van der Waals surface area contributed by atoms with Crippen LogP contribution >= 0.6 is 28.3 Å². The third-order valence-electron chi connectivity index (χ3n) is 2.27. The lowest BCUT2D eigenvalue weighted by atomic mass is 10.0. The highest BCUT2D eigenvalue weighted by Gasteiger charge is 2.15.